The number of carbonyl (C=O) groups is 1. The van der Waals surface area contributed by atoms with E-state index in [1.165, 1.54) is 18.2 Å². The fraction of sp³-hybridized carbons (Fsp3) is 0.333. The number of benzene rings is 2. The molecule has 0 N–H and O–H groups in total. The molecule has 2 heterocycles. The largest absolute Gasteiger partial charge is 0.467 e. The van der Waals surface area contributed by atoms with Gasteiger partial charge in [0.2, 0.25) is 0 Å². The zero-order valence-corrected chi connectivity index (χ0v) is 18.3. The number of fused-ring (bicyclic) bond motifs is 1. The van der Waals surface area contributed by atoms with Gasteiger partial charge in [-0.1, -0.05) is 24.3 Å². The van der Waals surface area contributed by atoms with Gasteiger partial charge in [-0.25, -0.2) is 17.2 Å². The van der Waals surface area contributed by atoms with Crippen molar-refractivity contribution >= 4 is 37.3 Å². The highest BCUT2D eigenvalue weighted by Crippen LogP contribution is 2.32. The Bertz CT molecular complexity index is 1240. The lowest BCUT2D eigenvalue weighted by Crippen LogP contribution is -2.41. The van der Waals surface area contributed by atoms with E-state index in [2.05, 4.69) is 4.98 Å². The van der Waals surface area contributed by atoms with Crippen LogP contribution in [0.1, 0.15) is 30.1 Å². The summed E-state index contributed by atoms with van der Waals surface area (Å²) in [5.41, 5.74) is 0.411. The Morgan fingerprint density at radius 3 is 2.68 bits per heavy atom. The van der Waals surface area contributed by atoms with E-state index in [1.807, 2.05) is 0 Å². The molecule has 31 heavy (non-hydrogen) atoms. The van der Waals surface area contributed by atoms with Crippen molar-refractivity contribution in [1.82, 2.24) is 9.88 Å². The molecule has 0 atom stereocenters. The molecular weight excluding hydrogens is 446 g/mol. The standard InChI is InChI=1S/C21H20F2N2O4S2/c1-2-31(27,28)16-5-3-4-13(10-16)20(26)25-8-6-15(7-9-25)29-21-24-19-17(23)11-14(22)12-18(19)30-21/h3-5,10-12,15H,2,6-9H2,1H3. The Kier molecular flexibility index (Phi) is 5.94. The number of halogens is 2. The molecule has 0 aliphatic carbocycles. The summed E-state index contributed by atoms with van der Waals surface area (Å²) < 4.78 is 57.6. The third-order valence-corrected chi connectivity index (χ3v) is 7.84. The van der Waals surface area contributed by atoms with E-state index < -0.39 is 21.5 Å². The number of amides is 1. The first-order chi connectivity index (χ1) is 14.8. The first kappa shape index (κ1) is 21.6. The Hall–Kier alpha value is -2.59. The first-order valence-electron chi connectivity index (χ1n) is 9.81. The molecule has 2 aromatic carbocycles. The normalized spacial score (nSPS) is 15.4. The molecular formula is C21H20F2N2O4S2. The second kappa shape index (κ2) is 8.51. The summed E-state index contributed by atoms with van der Waals surface area (Å²) in [6.45, 7) is 2.43. The van der Waals surface area contributed by atoms with Gasteiger partial charge in [0, 0.05) is 37.6 Å². The minimum atomic E-state index is -3.39. The lowest BCUT2D eigenvalue weighted by atomic mass is 10.1. The number of thiazole rings is 1. The SMILES string of the molecule is CCS(=O)(=O)c1cccc(C(=O)N2CCC(Oc3nc4c(F)cc(F)cc4s3)CC2)c1. The molecule has 4 rings (SSSR count). The second-order valence-corrected chi connectivity index (χ2v) is 10.5. The van der Waals surface area contributed by atoms with Crippen LogP contribution in [-0.4, -0.2) is 49.2 Å². The van der Waals surface area contributed by atoms with Crippen molar-refractivity contribution in [2.45, 2.75) is 30.8 Å². The van der Waals surface area contributed by atoms with Crippen LogP contribution >= 0.6 is 11.3 Å². The van der Waals surface area contributed by atoms with Crippen molar-refractivity contribution in [2.24, 2.45) is 0 Å². The van der Waals surface area contributed by atoms with Crippen LogP contribution in [0.5, 0.6) is 5.19 Å². The van der Waals surface area contributed by atoms with E-state index in [4.69, 9.17) is 4.74 Å². The summed E-state index contributed by atoms with van der Waals surface area (Å²) in [4.78, 5) is 18.7. The predicted molar refractivity (Wildman–Crippen MR) is 113 cm³/mol. The number of hydrogen-bond acceptors (Lipinski definition) is 6. The summed E-state index contributed by atoms with van der Waals surface area (Å²) in [7, 11) is -3.39. The number of aromatic nitrogens is 1. The average molecular weight is 467 g/mol. The lowest BCUT2D eigenvalue weighted by Gasteiger charge is -2.31. The zero-order chi connectivity index (χ0) is 22.2. The van der Waals surface area contributed by atoms with E-state index in [0.717, 1.165) is 17.4 Å². The Labute approximate surface area is 182 Å². The highest BCUT2D eigenvalue weighted by molar-refractivity contribution is 7.91. The molecule has 1 aliphatic rings. The van der Waals surface area contributed by atoms with E-state index in [1.54, 1.807) is 24.0 Å². The summed E-state index contributed by atoms with van der Waals surface area (Å²) >= 11 is 1.08. The van der Waals surface area contributed by atoms with Crippen molar-refractivity contribution in [3.8, 4) is 5.19 Å². The van der Waals surface area contributed by atoms with Crippen LogP contribution in [0.3, 0.4) is 0 Å². The predicted octanol–water partition coefficient (Wildman–Crippen LogP) is 4.05. The molecule has 1 aliphatic heterocycles. The van der Waals surface area contributed by atoms with Crippen LogP contribution in [0.15, 0.2) is 41.3 Å². The maximum absolute atomic E-state index is 13.8. The van der Waals surface area contributed by atoms with E-state index in [0.29, 0.717) is 36.2 Å². The molecule has 0 saturated carbocycles. The summed E-state index contributed by atoms with van der Waals surface area (Å²) in [5.74, 6) is -1.66. The fourth-order valence-electron chi connectivity index (χ4n) is 3.48. The van der Waals surface area contributed by atoms with Gasteiger partial charge in [-0.3, -0.25) is 4.79 Å². The number of ether oxygens (including phenoxy) is 1. The Balaban J connectivity index is 1.40. The molecule has 3 aromatic rings. The molecule has 6 nitrogen and oxygen atoms in total. The Morgan fingerprint density at radius 2 is 1.97 bits per heavy atom. The van der Waals surface area contributed by atoms with Gasteiger partial charge >= 0.3 is 0 Å². The van der Waals surface area contributed by atoms with Crippen molar-refractivity contribution in [3.63, 3.8) is 0 Å². The van der Waals surface area contributed by atoms with Gasteiger partial charge < -0.3 is 9.64 Å². The highest BCUT2D eigenvalue weighted by atomic mass is 32.2. The first-order valence-corrected chi connectivity index (χ1v) is 12.3. The van der Waals surface area contributed by atoms with Gasteiger partial charge in [-0.15, -0.1) is 0 Å². The molecule has 1 aromatic heterocycles. The van der Waals surface area contributed by atoms with Crippen LogP contribution in [0, 0.1) is 11.6 Å². The summed E-state index contributed by atoms with van der Waals surface area (Å²) in [5, 5.41) is 0.266. The molecule has 1 amide bonds. The summed E-state index contributed by atoms with van der Waals surface area (Å²) in [6.07, 6.45) is 0.890. The third-order valence-electron chi connectivity index (χ3n) is 5.21. The number of carbonyl (C=O) groups excluding carboxylic acids is 1. The minimum absolute atomic E-state index is 0.0321. The molecule has 164 valence electrons. The van der Waals surface area contributed by atoms with Crippen LogP contribution in [0.25, 0.3) is 10.2 Å². The zero-order valence-electron chi connectivity index (χ0n) is 16.7. The fourth-order valence-corrected chi connectivity index (χ4v) is 5.32. The van der Waals surface area contributed by atoms with Gasteiger partial charge in [-0.2, -0.15) is 4.98 Å². The Morgan fingerprint density at radius 1 is 1.23 bits per heavy atom. The number of piperidine rings is 1. The molecule has 10 heteroatoms. The van der Waals surface area contributed by atoms with Crippen LogP contribution < -0.4 is 4.74 Å². The van der Waals surface area contributed by atoms with Crippen molar-refractivity contribution < 1.29 is 26.7 Å². The number of sulfone groups is 1. The van der Waals surface area contributed by atoms with E-state index in [-0.39, 0.29) is 33.4 Å². The van der Waals surface area contributed by atoms with E-state index in [9.17, 15) is 22.0 Å². The minimum Gasteiger partial charge on any atom is -0.467 e. The van der Waals surface area contributed by atoms with Gasteiger partial charge in [0.15, 0.2) is 15.7 Å². The van der Waals surface area contributed by atoms with Gasteiger partial charge in [-0.05, 0) is 24.3 Å². The smallest absolute Gasteiger partial charge is 0.274 e. The highest BCUT2D eigenvalue weighted by Gasteiger charge is 2.26. The topological polar surface area (TPSA) is 76.6 Å². The van der Waals surface area contributed by atoms with Crippen LogP contribution in [0.2, 0.25) is 0 Å². The van der Waals surface area contributed by atoms with Crippen molar-refractivity contribution in [3.05, 3.63) is 53.6 Å². The molecule has 0 radical (unpaired) electrons. The summed E-state index contributed by atoms with van der Waals surface area (Å²) in [6, 6.07) is 8.09. The molecule has 1 fully saturated rings. The number of hydrogen-bond donors (Lipinski definition) is 0. The van der Waals surface area contributed by atoms with Crippen molar-refractivity contribution in [2.75, 3.05) is 18.8 Å². The molecule has 0 unspecified atom stereocenters. The number of nitrogens with zero attached hydrogens (tertiary/aromatic N) is 2. The van der Waals surface area contributed by atoms with Crippen LogP contribution in [-0.2, 0) is 9.84 Å². The monoisotopic (exact) mass is 466 g/mol. The average Bonchev–Trinajstić information content (AvgIpc) is 3.16. The molecule has 1 saturated heterocycles. The number of rotatable bonds is 5. The number of likely N-dealkylation sites (tertiary alicyclic amines) is 1. The third kappa shape index (κ3) is 4.54. The maximum Gasteiger partial charge on any atom is 0.274 e. The molecule has 0 bridgehead atoms. The maximum atomic E-state index is 13.8. The molecule has 0 spiro atoms. The van der Waals surface area contributed by atoms with Gasteiger partial charge in [0.1, 0.15) is 17.4 Å². The van der Waals surface area contributed by atoms with Crippen molar-refractivity contribution in [1.29, 1.82) is 0 Å². The van der Waals surface area contributed by atoms with E-state index >= 15 is 0 Å². The van der Waals surface area contributed by atoms with Gasteiger partial charge in [0.25, 0.3) is 11.1 Å². The lowest BCUT2D eigenvalue weighted by molar-refractivity contribution is 0.0595. The van der Waals surface area contributed by atoms with Gasteiger partial charge in [0.05, 0.1) is 15.3 Å². The van der Waals surface area contributed by atoms with Crippen LogP contribution in [0.4, 0.5) is 8.78 Å². The second-order valence-electron chi connectivity index (χ2n) is 7.25. The quantitative estimate of drug-likeness (QED) is 0.567.